The van der Waals surface area contributed by atoms with Crippen LogP contribution in [0.15, 0.2) is 47.3 Å². The normalized spacial score (nSPS) is 19.4. The Morgan fingerprint density at radius 1 is 1.21 bits per heavy atom. The second-order valence-electron chi connectivity index (χ2n) is 7.86. The molecule has 3 heterocycles. The van der Waals surface area contributed by atoms with E-state index in [4.69, 9.17) is 27.9 Å². The van der Waals surface area contributed by atoms with Crippen molar-refractivity contribution < 1.29 is 18.3 Å². The van der Waals surface area contributed by atoms with E-state index in [2.05, 4.69) is 20.4 Å². The number of rotatable bonds is 7. The van der Waals surface area contributed by atoms with Gasteiger partial charge in [-0.1, -0.05) is 23.7 Å². The Hall–Kier alpha value is -3.22. The van der Waals surface area contributed by atoms with Gasteiger partial charge in [0.05, 0.1) is 5.69 Å². The summed E-state index contributed by atoms with van der Waals surface area (Å²) in [6.07, 6.45) is -2.58. The lowest BCUT2D eigenvalue weighted by Gasteiger charge is -2.43. The molecule has 0 spiro atoms. The molecule has 2 aliphatic heterocycles. The Kier molecular flexibility index (Phi) is 7.29. The van der Waals surface area contributed by atoms with E-state index in [-0.39, 0.29) is 40.9 Å². The van der Waals surface area contributed by atoms with Crippen LogP contribution >= 0.6 is 11.6 Å². The van der Waals surface area contributed by atoms with E-state index in [9.17, 15) is 13.6 Å². The topological polar surface area (TPSA) is 126 Å². The van der Waals surface area contributed by atoms with Gasteiger partial charge in [0.2, 0.25) is 11.8 Å². The van der Waals surface area contributed by atoms with Crippen molar-refractivity contribution in [1.82, 2.24) is 20.4 Å². The second kappa shape index (κ2) is 10.4. The monoisotopic (exact) mass is 494 g/mol. The molecular weight excluding hydrogens is 470 g/mol. The molecule has 0 radical (unpaired) electrons. The first-order valence-electron chi connectivity index (χ1n) is 10.6. The summed E-state index contributed by atoms with van der Waals surface area (Å²) in [7, 11) is 0. The molecule has 1 atom stereocenters. The minimum atomic E-state index is -2.58. The van der Waals surface area contributed by atoms with Crippen molar-refractivity contribution in [3.63, 3.8) is 0 Å². The molecule has 0 bridgehead atoms. The molecule has 2 aliphatic rings. The summed E-state index contributed by atoms with van der Waals surface area (Å²) in [5.41, 5.74) is 6.24. The number of hydrogen-bond donors (Lipinski definition) is 3. The third-order valence-electron chi connectivity index (χ3n) is 5.79. The Labute approximate surface area is 200 Å². The molecule has 1 aromatic carbocycles. The number of nitrogens with zero attached hydrogens (tertiary/aromatic N) is 5. The number of alkyl halides is 2. The molecular formula is C21H25ClF2N8O2. The lowest BCUT2D eigenvalue weighted by atomic mass is 10.1. The van der Waals surface area contributed by atoms with Crippen LogP contribution in [-0.4, -0.2) is 66.4 Å². The summed E-state index contributed by atoms with van der Waals surface area (Å²) >= 11 is 5.99. The number of halogens is 3. The maximum absolute atomic E-state index is 12.8. The molecule has 182 valence electrons. The maximum atomic E-state index is 12.8. The van der Waals surface area contributed by atoms with Crippen molar-refractivity contribution in [2.24, 2.45) is 11.6 Å². The van der Waals surface area contributed by atoms with Gasteiger partial charge in [-0.3, -0.25) is 14.7 Å². The number of nitrogens with two attached hydrogens (primary N) is 2. The summed E-state index contributed by atoms with van der Waals surface area (Å²) in [5, 5.41) is 12.3. The van der Waals surface area contributed by atoms with Gasteiger partial charge in [-0.15, -0.1) is 10.2 Å². The molecule has 4 rings (SSSR count). The first-order chi connectivity index (χ1) is 16.3. The fourth-order valence-electron chi connectivity index (χ4n) is 3.88. The van der Waals surface area contributed by atoms with E-state index in [1.807, 2.05) is 4.90 Å². The van der Waals surface area contributed by atoms with E-state index in [1.165, 1.54) is 24.3 Å². The highest BCUT2D eigenvalue weighted by molar-refractivity contribution is 6.29. The van der Waals surface area contributed by atoms with Crippen molar-refractivity contribution in [3.05, 3.63) is 52.8 Å². The Morgan fingerprint density at radius 3 is 2.62 bits per heavy atom. The first-order valence-corrected chi connectivity index (χ1v) is 11.0. The number of piperazine rings is 2. The van der Waals surface area contributed by atoms with Gasteiger partial charge >= 0.3 is 0 Å². The van der Waals surface area contributed by atoms with Crippen LogP contribution in [0.5, 0.6) is 5.88 Å². The quantitative estimate of drug-likeness (QED) is 0.295. The van der Waals surface area contributed by atoms with Crippen LogP contribution in [0.2, 0.25) is 0 Å². The van der Waals surface area contributed by atoms with Crippen molar-refractivity contribution >= 4 is 29.0 Å². The van der Waals surface area contributed by atoms with Crippen molar-refractivity contribution in [2.75, 3.05) is 49.2 Å². The Balaban J connectivity index is 1.37. The van der Waals surface area contributed by atoms with Gasteiger partial charge in [-0.05, 0) is 18.2 Å². The van der Waals surface area contributed by atoms with Crippen molar-refractivity contribution in [1.29, 1.82) is 0 Å². The van der Waals surface area contributed by atoms with E-state index in [0.29, 0.717) is 24.6 Å². The molecule has 2 fully saturated rings. The predicted octanol–water partition coefficient (Wildman–Crippen LogP) is 1.16. The zero-order chi connectivity index (χ0) is 24.2. The molecule has 2 saturated heterocycles. The number of ether oxygens (including phenoxy) is 1. The smallest absolute Gasteiger partial charge is 0.263 e. The number of nitrogens with one attached hydrogen (secondary N) is 1. The van der Waals surface area contributed by atoms with Gasteiger partial charge in [0, 0.05) is 44.4 Å². The molecule has 10 nitrogen and oxygen atoms in total. The number of hydrazine groups is 1. The highest BCUT2D eigenvalue weighted by Gasteiger charge is 2.35. The lowest BCUT2D eigenvalue weighted by Crippen LogP contribution is -2.64. The predicted molar refractivity (Wildman–Crippen MR) is 123 cm³/mol. The van der Waals surface area contributed by atoms with Crippen LogP contribution in [0.3, 0.4) is 0 Å². The van der Waals surface area contributed by atoms with Crippen LogP contribution in [0, 0.1) is 0 Å². The molecule has 0 saturated carbocycles. The zero-order valence-electron chi connectivity index (χ0n) is 18.2. The highest BCUT2D eigenvalue weighted by Crippen LogP contribution is 2.24. The molecule has 5 N–H and O–H groups in total. The first kappa shape index (κ1) is 23.9. The Morgan fingerprint density at radius 2 is 1.97 bits per heavy atom. The molecule has 13 heteroatoms. The van der Waals surface area contributed by atoms with E-state index in [0.717, 1.165) is 24.6 Å². The van der Waals surface area contributed by atoms with Crippen LogP contribution in [0.1, 0.15) is 12.0 Å². The lowest BCUT2D eigenvalue weighted by molar-refractivity contribution is -0.129. The summed E-state index contributed by atoms with van der Waals surface area (Å²) in [6, 6.07) is 8.61. The summed E-state index contributed by atoms with van der Waals surface area (Å²) in [4.78, 5) is 16.3. The van der Waals surface area contributed by atoms with Crippen molar-refractivity contribution in [3.8, 4) is 5.88 Å². The molecule has 1 amide bonds. The van der Waals surface area contributed by atoms with Gasteiger partial charge in [0.1, 0.15) is 23.5 Å². The van der Waals surface area contributed by atoms with E-state index < -0.39 is 6.43 Å². The minimum absolute atomic E-state index is 0.0250. The highest BCUT2D eigenvalue weighted by atomic mass is 35.5. The number of amides is 1. The number of carbonyl (C=O) groups excluding carboxylic acids is 1. The number of carbonyl (C=O) groups is 1. The Bertz CT molecular complexity index is 1030. The summed E-state index contributed by atoms with van der Waals surface area (Å²) in [6.45, 7) is 3.43. The van der Waals surface area contributed by atoms with Crippen LogP contribution in [-0.2, 0) is 4.79 Å². The molecule has 0 aliphatic carbocycles. The SMILES string of the molecule is N/C(Cl)=C(/COc1ccc(N2CCN3CCNC(=O)C3C2)nn1)N(N)c1ccc(C(F)F)cc1. The third-order valence-corrected chi connectivity index (χ3v) is 6.01. The van der Waals surface area contributed by atoms with Gasteiger partial charge in [-0.25, -0.2) is 14.6 Å². The fraction of sp³-hybridized carbons (Fsp3) is 0.381. The summed E-state index contributed by atoms with van der Waals surface area (Å²) < 4.78 is 31.2. The van der Waals surface area contributed by atoms with Gasteiger partial charge < -0.3 is 20.7 Å². The average Bonchev–Trinajstić information content (AvgIpc) is 2.84. The zero-order valence-corrected chi connectivity index (χ0v) is 19.0. The van der Waals surface area contributed by atoms with Crippen LogP contribution in [0.25, 0.3) is 0 Å². The fourth-order valence-corrected chi connectivity index (χ4v) is 4.02. The number of fused-ring (bicyclic) bond motifs is 1. The summed E-state index contributed by atoms with van der Waals surface area (Å²) in [5.74, 6) is 6.96. The van der Waals surface area contributed by atoms with Gasteiger partial charge in [0.15, 0.2) is 5.82 Å². The van der Waals surface area contributed by atoms with E-state index in [1.54, 1.807) is 12.1 Å². The minimum Gasteiger partial charge on any atom is -0.470 e. The van der Waals surface area contributed by atoms with Crippen LogP contribution in [0.4, 0.5) is 20.3 Å². The molecule has 1 unspecified atom stereocenters. The van der Waals surface area contributed by atoms with Gasteiger partial charge in [-0.2, -0.15) is 0 Å². The average molecular weight is 495 g/mol. The van der Waals surface area contributed by atoms with Gasteiger partial charge in [0.25, 0.3) is 6.43 Å². The van der Waals surface area contributed by atoms with Crippen LogP contribution < -0.4 is 31.5 Å². The number of hydrogen-bond acceptors (Lipinski definition) is 9. The molecule has 1 aromatic heterocycles. The maximum Gasteiger partial charge on any atom is 0.263 e. The van der Waals surface area contributed by atoms with Crippen molar-refractivity contribution in [2.45, 2.75) is 12.5 Å². The second-order valence-corrected chi connectivity index (χ2v) is 8.27. The number of benzene rings is 1. The third kappa shape index (κ3) is 5.29. The van der Waals surface area contributed by atoms with E-state index >= 15 is 0 Å². The number of aromatic nitrogens is 2. The number of anilines is 2. The molecule has 34 heavy (non-hydrogen) atoms. The molecule has 2 aromatic rings. The standard InChI is InChI=1S/C21H25ClF2N8O2/c22-19(25)16(32(26)14-3-1-13(2-4-14)20(23)24)12-34-18-6-5-17(28-29-18)31-10-9-30-8-7-27-21(33)15(30)11-31/h1-6,15,20H,7-12,25-26H2,(H,27,33)/b19-16-. The largest absolute Gasteiger partial charge is 0.470 e.